The van der Waals surface area contributed by atoms with Crippen molar-refractivity contribution in [3.05, 3.63) is 41.9 Å². The number of esters is 1. The van der Waals surface area contributed by atoms with Crippen molar-refractivity contribution in [1.29, 1.82) is 0 Å². The van der Waals surface area contributed by atoms with Crippen molar-refractivity contribution >= 4 is 28.8 Å². The molecular weight excluding hydrogens is 308 g/mol. The highest BCUT2D eigenvalue weighted by atomic mass is 16.5. The zero-order valence-corrected chi connectivity index (χ0v) is 13.7. The molecule has 3 rings (SSSR count). The van der Waals surface area contributed by atoms with Crippen LogP contribution in [0.5, 0.6) is 0 Å². The van der Waals surface area contributed by atoms with Gasteiger partial charge in [0.2, 0.25) is 11.9 Å². The minimum absolute atomic E-state index is 0.0738. The molecule has 0 saturated heterocycles. The van der Waals surface area contributed by atoms with Gasteiger partial charge in [-0.2, -0.15) is 15.0 Å². The van der Waals surface area contributed by atoms with Gasteiger partial charge < -0.3 is 19.9 Å². The normalized spacial score (nSPS) is 10.8. The largest absolute Gasteiger partial charge is 0.454 e. The number of carbonyl (C=O) groups is 1. The van der Waals surface area contributed by atoms with Crippen LogP contribution in [0.25, 0.3) is 10.9 Å². The van der Waals surface area contributed by atoms with Crippen molar-refractivity contribution in [3.63, 3.8) is 0 Å². The average Bonchev–Trinajstić information content (AvgIpc) is 2.90. The SMILES string of the molecule is CN(C)c1nc(N)nc(COC(=O)c2cn(C)c3ccccc23)n1. The maximum Gasteiger partial charge on any atom is 0.340 e. The van der Waals surface area contributed by atoms with Gasteiger partial charge in [0.05, 0.1) is 5.56 Å². The number of anilines is 2. The van der Waals surface area contributed by atoms with Gasteiger partial charge in [0, 0.05) is 38.2 Å². The Morgan fingerprint density at radius 2 is 2.00 bits per heavy atom. The lowest BCUT2D eigenvalue weighted by Crippen LogP contribution is -2.17. The molecule has 2 heterocycles. The van der Waals surface area contributed by atoms with E-state index < -0.39 is 5.97 Å². The van der Waals surface area contributed by atoms with Crippen LogP contribution in [0, 0.1) is 0 Å². The topological polar surface area (TPSA) is 99.2 Å². The summed E-state index contributed by atoms with van der Waals surface area (Å²) in [5, 5.41) is 0.842. The Balaban J connectivity index is 1.80. The number of aromatic nitrogens is 4. The summed E-state index contributed by atoms with van der Waals surface area (Å²) >= 11 is 0. The van der Waals surface area contributed by atoms with E-state index in [-0.39, 0.29) is 12.6 Å². The van der Waals surface area contributed by atoms with E-state index in [0.717, 1.165) is 10.9 Å². The predicted molar refractivity (Wildman–Crippen MR) is 90.6 cm³/mol. The van der Waals surface area contributed by atoms with Crippen LogP contribution in [0.1, 0.15) is 16.2 Å². The standard InChI is InChI=1S/C16H18N6O2/c1-21(2)16-19-13(18-15(17)20-16)9-24-14(23)11-8-22(3)12-7-5-4-6-10(11)12/h4-8H,9H2,1-3H3,(H2,17,18,19,20). The van der Waals surface area contributed by atoms with Crippen LogP contribution in [-0.2, 0) is 18.4 Å². The van der Waals surface area contributed by atoms with E-state index in [0.29, 0.717) is 17.3 Å². The molecule has 0 spiro atoms. The number of carbonyl (C=O) groups excluding carboxylic acids is 1. The lowest BCUT2D eigenvalue weighted by molar-refractivity contribution is 0.0464. The zero-order valence-electron chi connectivity index (χ0n) is 13.7. The second-order valence-electron chi connectivity index (χ2n) is 5.55. The first-order valence-electron chi connectivity index (χ1n) is 7.34. The Kier molecular flexibility index (Phi) is 4.03. The average molecular weight is 326 g/mol. The van der Waals surface area contributed by atoms with Gasteiger partial charge in [-0.25, -0.2) is 4.79 Å². The van der Waals surface area contributed by atoms with Crippen LogP contribution in [0.3, 0.4) is 0 Å². The van der Waals surface area contributed by atoms with E-state index in [1.165, 1.54) is 0 Å². The molecule has 2 N–H and O–H groups in total. The number of benzene rings is 1. The molecule has 3 aromatic rings. The van der Waals surface area contributed by atoms with Crippen LogP contribution in [0.4, 0.5) is 11.9 Å². The van der Waals surface area contributed by atoms with Crippen LogP contribution in [0.2, 0.25) is 0 Å². The molecule has 124 valence electrons. The summed E-state index contributed by atoms with van der Waals surface area (Å²) in [6.45, 7) is -0.0738. The number of hydrogen-bond acceptors (Lipinski definition) is 7. The fourth-order valence-electron chi connectivity index (χ4n) is 2.40. The third kappa shape index (κ3) is 2.98. The van der Waals surface area contributed by atoms with Crippen molar-refractivity contribution in [2.75, 3.05) is 24.7 Å². The first-order valence-corrected chi connectivity index (χ1v) is 7.34. The number of para-hydroxylation sites is 1. The minimum atomic E-state index is -0.433. The van der Waals surface area contributed by atoms with Crippen molar-refractivity contribution in [2.45, 2.75) is 6.61 Å². The first-order chi connectivity index (χ1) is 11.5. The van der Waals surface area contributed by atoms with Gasteiger partial charge in [-0.05, 0) is 6.07 Å². The monoisotopic (exact) mass is 326 g/mol. The lowest BCUT2D eigenvalue weighted by atomic mass is 10.2. The van der Waals surface area contributed by atoms with E-state index in [9.17, 15) is 4.79 Å². The molecule has 0 fully saturated rings. The second-order valence-corrected chi connectivity index (χ2v) is 5.55. The molecular formula is C16H18N6O2. The zero-order chi connectivity index (χ0) is 17.3. The summed E-state index contributed by atoms with van der Waals surface area (Å²) < 4.78 is 7.23. The number of nitrogens with two attached hydrogens (primary N) is 1. The molecule has 0 aliphatic rings. The fraction of sp³-hybridized carbons (Fsp3) is 0.250. The third-order valence-corrected chi connectivity index (χ3v) is 3.54. The van der Waals surface area contributed by atoms with Crippen LogP contribution >= 0.6 is 0 Å². The maximum atomic E-state index is 12.4. The predicted octanol–water partition coefficient (Wildman–Crippen LogP) is 1.37. The highest BCUT2D eigenvalue weighted by molar-refractivity contribution is 6.04. The quantitative estimate of drug-likeness (QED) is 0.723. The van der Waals surface area contributed by atoms with Gasteiger partial charge in [-0.3, -0.25) is 0 Å². The molecule has 24 heavy (non-hydrogen) atoms. The second kappa shape index (κ2) is 6.15. The fourth-order valence-corrected chi connectivity index (χ4v) is 2.40. The van der Waals surface area contributed by atoms with Gasteiger partial charge in [-0.15, -0.1) is 0 Å². The molecule has 0 aliphatic carbocycles. The highest BCUT2D eigenvalue weighted by Crippen LogP contribution is 2.21. The van der Waals surface area contributed by atoms with Crippen molar-refractivity contribution in [1.82, 2.24) is 19.5 Å². The third-order valence-electron chi connectivity index (χ3n) is 3.54. The number of rotatable bonds is 4. The van der Waals surface area contributed by atoms with Crippen molar-refractivity contribution < 1.29 is 9.53 Å². The van der Waals surface area contributed by atoms with Gasteiger partial charge in [0.15, 0.2) is 12.4 Å². The van der Waals surface area contributed by atoms with Gasteiger partial charge in [0.1, 0.15) is 0 Å². The van der Waals surface area contributed by atoms with Crippen LogP contribution < -0.4 is 10.6 Å². The molecule has 0 saturated carbocycles. The molecule has 1 aromatic carbocycles. The summed E-state index contributed by atoms with van der Waals surface area (Å²) in [6, 6.07) is 7.64. The number of ether oxygens (including phenoxy) is 1. The number of aryl methyl sites for hydroxylation is 1. The van der Waals surface area contributed by atoms with E-state index in [1.807, 2.05) is 35.9 Å². The number of hydrogen-bond donors (Lipinski definition) is 1. The summed E-state index contributed by atoms with van der Waals surface area (Å²) in [5.74, 6) is 0.376. The molecule has 8 heteroatoms. The number of nitrogens with zero attached hydrogens (tertiary/aromatic N) is 5. The van der Waals surface area contributed by atoms with E-state index in [2.05, 4.69) is 15.0 Å². The lowest BCUT2D eigenvalue weighted by Gasteiger charge is -2.11. The maximum absolute atomic E-state index is 12.4. The molecule has 0 atom stereocenters. The molecule has 0 amide bonds. The Bertz CT molecular complexity index is 903. The summed E-state index contributed by atoms with van der Waals surface area (Å²) in [5.41, 5.74) is 7.12. The Morgan fingerprint density at radius 1 is 1.25 bits per heavy atom. The summed E-state index contributed by atoms with van der Waals surface area (Å²) in [6.07, 6.45) is 1.75. The molecule has 0 aliphatic heterocycles. The number of fused-ring (bicyclic) bond motifs is 1. The molecule has 2 aromatic heterocycles. The highest BCUT2D eigenvalue weighted by Gasteiger charge is 2.16. The van der Waals surface area contributed by atoms with Crippen molar-refractivity contribution in [2.24, 2.45) is 7.05 Å². The first kappa shape index (κ1) is 15.7. The van der Waals surface area contributed by atoms with Crippen LogP contribution in [-0.4, -0.2) is 39.6 Å². The molecule has 0 unspecified atom stereocenters. The van der Waals surface area contributed by atoms with E-state index in [1.54, 1.807) is 25.2 Å². The van der Waals surface area contributed by atoms with E-state index >= 15 is 0 Å². The Labute approximate surface area is 138 Å². The Morgan fingerprint density at radius 3 is 2.75 bits per heavy atom. The van der Waals surface area contributed by atoms with Gasteiger partial charge in [0.25, 0.3) is 0 Å². The van der Waals surface area contributed by atoms with Crippen molar-refractivity contribution in [3.8, 4) is 0 Å². The van der Waals surface area contributed by atoms with Gasteiger partial charge in [-0.1, -0.05) is 18.2 Å². The molecule has 0 radical (unpaired) electrons. The smallest absolute Gasteiger partial charge is 0.340 e. The minimum Gasteiger partial charge on any atom is -0.454 e. The van der Waals surface area contributed by atoms with Crippen LogP contribution in [0.15, 0.2) is 30.5 Å². The Hall–Kier alpha value is -3.16. The molecule has 8 nitrogen and oxygen atoms in total. The van der Waals surface area contributed by atoms with E-state index in [4.69, 9.17) is 10.5 Å². The summed E-state index contributed by atoms with van der Waals surface area (Å²) in [4.78, 5) is 26.3. The number of nitrogen functional groups attached to an aromatic ring is 1. The summed E-state index contributed by atoms with van der Waals surface area (Å²) in [7, 11) is 5.47. The van der Waals surface area contributed by atoms with Gasteiger partial charge >= 0.3 is 5.97 Å². The molecule has 0 bridgehead atoms.